The topological polar surface area (TPSA) is 73.1 Å². The molecule has 1 N–H and O–H groups in total. The van der Waals surface area contributed by atoms with Crippen molar-refractivity contribution in [2.75, 3.05) is 25.6 Å². The summed E-state index contributed by atoms with van der Waals surface area (Å²) in [5, 5.41) is 18.7. The summed E-state index contributed by atoms with van der Waals surface area (Å²) < 4.78 is 7.55. The molecule has 3 aromatic rings. The highest BCUT2D eigenvalue weighted by Gasteiger charge is 2.20. The van der Waals surface area contributed by atoms with Crippen LogP contribution >= 0.6 is 11.8 Å². The first-order valence-electron chi connectivity index (χ1n) is 9.58. The smallest absolute Gasteiger partial charge is 0.196 e. The molecule has 0 amide bonds. The molecule has 0 spiro atoms. The average molecular weight is 399 g/mol. The minimum Gasteiger partial charge on any atom is -0.394 e. The summed E-state index contributed by atoms with van der Waals surface area (Å²) in [6, 6.07) is 10.4. The van der Waals surface area contributed by atoms with Gasteiger partial charge < -0.3 is 9.84 Å². The maximum Gasteiger partial charge on any atom is 0.196 e. The van der Waals surface area contributed by atoms with Crippen LogP contribution in [0.4, 0.5) is 0 Å². The Morgan fingerprint density at radius 3 is 2.46 bits per heavy atom. The standard InChI is InChI=1S/C21H26N4O2S/c1-3-16-7-5-8-17(4-2)19(16)25-20(18-9-6-10-22-15-18)23-24-21(25)28-14-13-27-12-11-26/h5-10,15,26H,3-4,11-14H2,1-2H3. The van der Waals surface area contributed by atoms with E-state index in [0.717, 1.165) is 40.8 Å². The van der Waals surface area contributed by atoms with Gasteiger partial charge in [-0.05, 0) is 36.1 Å². The number of aryl methyl sites for hydroxylation is 2. The molecule has 0 aliphatic carbocycles. The minimum atomic E-state index is 0.0374. The lowest BCUT2D eigenvalue weighted by Crippen LogP contribution is -2.08. The van der Waals surface area contributed by atoms with E-state index < -0.39 is 0 Å². The zero-order chi connectivity index (χ0) is 19.8. The van der Waals surface area contributed by atoms with Crippen molar-refractivity contribution < 1.29 is 9.84 Å². The van der Waals surface area contributed by atoms with Crippen molar-refractivity contribution in [1.82, 2.24) is 19.7 Å². The van der Waals surface area contributed by atoms with Crippen molar-refractivity contribution in [1.29, 1.82) is 0 Å². The number of benzene rings is 1. The molecule has 2 aromatic heterocycles. The van der Waals surface area contributed by atoms with Crippen LogP contribution in [0, 0.1) is 0 Å². The number of hydrogen-bond donors (Lipinski definition) is 1. The summed E-state index contributed by atoms with van der Waals surface area (Å²) in [4.78, 5) is 4.25. The van der Waals surface area contributed by atoms with E-state index in [0.29, 0.717) is 13.2 Å². The Kier molecular flexibility index (Phi) is 7.59. The maximum atomic E-state index is 8.86. The van der Waals surface area contributed by atoms with Gasteiger partial charge in [0.2, 0.25) is 0 Å². The molecule has 0 fully saturated rings. The summed E-state index contributed by atoms with van der Waals surface area (Å²) in [7, 11) is 0. The number of nitrogens with zero attached hydrogens (tertiary/aromatic N) is 4. The fourth-order valence-electron chi connectivity index (χ4n) is 3.11. The van der Waals surface area contributed by atoms with Crippen LogP contribution in [0.2, 0.25) is 0 Å². The Hall–Kier alpha value is -2.22. The molecule has 148 valence electrons. The number of pyridine rings is 1. The van der Waals surface area contributed by atoms with Gasteiger partial charge in [-0.25, -0.2) is 0 Å². The van der Waals surface area contributed by atoms with Crippen molar-refractivity contribution in [3.05, 3.63) is 53.9 Å². The highest BCUT2D eigenvalue weighted by molar-refractivity contribution is 7.99. The lowest BCUT2D eigenvalue weighted by atomic mass is 10.0. The van der Waals surface area contributed by atoms with Gasteiger partial charge in [0.15, 0.2) is 11.0 Å². The zero-order valence-corrected chi connectivity index (χ0v) is 17.2. The summed E-state index contributed by atoms with van der Waals surface area (Å²) in [5.74, 6) is 1.53. The van der Waals surface area contributed by atoms with Crippen molar-refractivity contribution in [2.45, 2.75) is 31.8 Å². The second kappa shape index (κ2) is 10.4. The molecule has 3 rings (SSSR count). The number of aliphatic hydroxyl groups is 1. The third-order valence-electron chi connectivity index (χ3n) is 4.44. The largest absolute Gasteiger partial charge is 0.394 e. The molecular weight excluding hydrogens is 372 g/mol. The summed E-state index contributed by atoms with van der Waals surface area (Å²) in [5.41, 5.74) is 4.63. The van der Waals surface area contributed by atoms with Crippen LogP contribution < -0.4 is 0 Å². The molecule has 7 heteroatoms. The molecular formula is C21H26N4O2S. The molecule has 2 heterocycles. The van der Waals surface area contributed by atoms with E-state index >= 15 is 0 Å². The first-order chi connectivity index (χ1) is 13.8. The van der Waals surface area contributed by atoms with Gasteiger partial charge >= 0.3 is 0 Å². The van der Waals surface area contributed by atoms with Gasteiger partial charge in [0.1, 0.15) is 0 Å². The number of hydrogen-bond acceptors (Lipinski definition) is 6. The molecule has 28 heavy (non-hydrogen) atoms. The number of ether oxygens (including phenoxy) is 1. The summed E-state index contributed by atoms with van der Waals surface area (Å²) >= 11 is 1.61. The first kappa shape index (κ1) is 20.5. The molecule has 0 unspecified atom stereocenters. The van der Waals surface area contributed by atoms with E-state index in [2.05, 4.69) is 51.8 Å². The quantitative estimate of drug-likeness (QED) is 0.416. The first-order valence-corrected chi connectivity index (χ1v) is 10.6. The SMILES string of the molecule is CCc1cccc(CC)c1-n1c(SCCOCCO)nnc1-c1cccnc1. The molecule has 0 radical (unpaired) electrons. The zero-order valence-electron chi connectivity index (χ0n) is 16.3. The van der Waals surface area contributed by atoms with Crippen LogP contribution in [0.1, 0.15) is 25.0 Å². The molecule has 0 bridgehead atoms. The highest BCUT2D eigenvalue weighted by atomic mass is 32.2. The predicted octanol–water partition coefficient (Wildman–Crippen LogP) is 3.56. The Labute approximate surface area is 170 Å². The number of aliphatic hydroxyl groups excluding tert-OH is 1. The normalized spacial score (nSPS) is 11.1. The molecule has 0 saturated heterocycles. The minimum absolute atomic E-state index is 0.0374. The van der Waals surface area contributed by atoms with Crippen LogP contribution in [0.25, 0.3) is 17.1 Å². The maximum absolute atomic E-state index is 8.86. The Morgan fingerprint density at radius 2 is 1.82 bits per heavy atom. The number of thioether (sulfide) groups is 1. The second-order valence-electron chi connectivity index (χ2n) is 6.20. The van der Waals surface area contributed by atoms with Gasteiger partial charge in [-0.1, -0.05) is 43.8 Å². The van der Waals surface area contributed by atoms with Gasteiger partial charge in [0.25, 0.3) is 0 Å². The third kappa shape index (κ3) is 4.60. The molecule has 0 aliphatic heterocycles. The molecule has 0 atom stereocenters. The molecule has 1 aromatic carbocycles. The van der Waals surface area contributed by atoms with Crippen LogP contribution in [-0.4, -0.2) is 50.4 Å². The van der Waals surface area contributed by atoms with Crippen LogP contribution in [0.5, 0.6) is 0 Å². The predicted molar refractivity (Wildman–Crippen MR) is 112 cm³/mol. The molecule has 6 nitrogen and oxygen atoms in total. The number of aromatic nitrogens is 4. The van der Waals surface area contributed by atoms with Gasteiger partial charge in [0, 0.05) is 23.7 Å². The van der Waals surface area contributed by atoms with Crippen molar-refractivity contribution in [3.63, 3.8) is 0 Å². The number of rotatable bonds is 10. The van der Waals surface area contributed by atoms with Crippen molar-refractivity contribution in [3.8, 4) is 17.1 Å². The van der Waals surface area contributed by atoms with Gasteiger partial charge in [0.05, 0.1) is 25.5 Å². The van der Waals surface area contributed by atoms with E-state index in [4.69, 9.17) is 9.84 Å². The molecule has 0 aliphatic rings. The van der Waals surface area contributed by atoms with Crippen LogP contribution in [-0.2, 0) is 17.6 Å². The lowest BCUT2D eigenvalue weighted by Gasteiger charge is -2.18. The monoisotopic (exact) mass is 398 g/mol. The van der Waals surface area contributed by atoms with Crippen LogP contribution in [0.3, 0.4) is 0 Å². The van der Waals surface area contributed by atoms with E-state index in [-0.39, 0.29) is 6.61 Å². The van der Waals surface area contributed by atoms with Gasteiger partial charge in [-0.2, -0.15) is 0 Å². The highest BCUT2D eigenvalue weighted by Crippen LogP contribution is 2.31. The lowest BCUT2D eigenvalue weighted by molar-refractivity contribution is 0.103. The van der Waals surface area contributed by atoms with Gasteiger partial charge in [-0.3, -0.25) is 9.55 Å². The van der Waals surface area contributed by atoms with E-state index in [1.54, 1.807) is 18.0 Å². The molecule has 0 saturated carbocycles. The Bertz CT molecular complexity index is 861. The second-order valence-corrected chi connectivity index (χ2v) is 7.26. The summed E-state index contributed by atoms with van der Waals surface area (Å²) in [6.45, 7) is 5.28. The fourth-order valence-corrected chi connectivity index (χ4v) is 3.90. The third-order valence-corrected chi connectivity index (χ3v) is 5.33. The Morgan fingerprint density at radius 1 is 1.04 bits per heavy atom. The van der Waals surface area contributed by atoms with Gasteiger partial charge in [-0.15, -0.1) is 10.2 Å². The van der Waals surface area contributed by atoms with E-state index in [1.807, 2.05) is 18.3 Å². The Balaban J connectivity index is 2.06. The van der Waals surface area contributed by atoms with Crippen LogP contribution in [0.15, 0.2) is 47.9 Å². The van der Waals surface area contributed by atoms with E-state index in [9.17, 15) is 0 Å². The van der Waals surface area contributed by atoms with Crippen molar-refractivity contribution in [2.24, 2.45) is 0 Å². The average Bonchev–Trinajstić information content (AvgIpc) is 3.16. The number of para-hydroxylation sites is 1. The van der Waals surface area contributed by atoms with Crippen molar-refractivity contribution >= 4 is 11.8 Å². The summed E-state index contributed by atoms with van der Waals surface area (Å²) in [6.07, 6.45) is 5.43. The fraction of sp³-hybridized carbons (Fsp3) is 0.381. The van der Waals surface area contributed by atoms with E-state index in [1.165, 1.54) is 11.1 Å².